The molecule has 1 aromatic heterocycles. The van der Waals surface area contributed by atoms with Crippen LogP contribution < -0.4 is 11.2 Å². The number of rotatable bonds is 5. The lowest BCUT2D eigenvalue weighted by Crippen LogP contribution is -2.30. The molecule has 6 nitrogen and oxygen atoms in total. The van der Waals surface area contributed by atoms with Gasteiger partial charge in [-0.15, -0.1) is 12.4 Å². The summed E-state index contributed by atoms with van der Waals surface area (Å²) in [6.07, 6.45) is 0. The van der Waals surface area contributed by atoms with Gasteiger partial charge in [0.2, 0.25) is 0 Å². The molecule has 0 radical (unpaired) electrons. The number of aromatic nitrogens is 2. The Morgan fingerprint density at radius 1 is 1.12 bits per heavy atom. The molecule has 7 heteroatoms. The van der Waals surface area contributed by atoms with E-state index < -0.39 is 5.69 Å². The molecule has 0 saturated heterocycles. The van der Waals surface area contributed by atoms with Crippen LogP contribution in [-0.4, -0.2) is 54.0 Å². The Hall–Kier alpha value is -1.11. The van der Waals surface area contributed by atoms with Crippen molar-refractivity contribution in [2.24, 2.45) is 0 Å². The van der Waals surface area contributed by atoms with Crippen LogP contribution in [0.3, 0.4) is 0 Å². The molecular formula is C10H19ClN4O2. The normalized spacial score (nSPS) is 10.6. The van der Waals surface area contributed by atoms with Crippen molar-refractivity contribution in [2.45, 2.75) is 6.54 Å². The lowest BCUT2D eigenvalue weighted by Gasteiger charge is -2.18. The van der Waals surface area contributed by atoms with Gasteiger partial charge in [0.15, 0.2) is 0 Å². The predicted molar refractivity (Wildman–Crippen MR) is 69.8 cm³/mol. The first-order valence-electron chi connectivity index (χ1n) is 5.13. The Labute approximate surface area is 106 Å². The molecule has 0 atom stereocenters. The van der Waals surface area contributed by atoms with Crippen LogP contribution in [0.15, 0.2) is 15.7 Å². The van der Waals surface area contributed by atoms with Gasteiger partial charge in [-0.2, -0.15) is 0 Å². The van der Waals surface area contributed by atoms with Crippen LogP contribution in [0.2, 0.25) is 0 Å². The minimum absolute atomic E-state index is 0. The number of hydrogen-bond acceptors (Lipinski definition) is 4. The molecular weight excluding hydrogens is 244 g/mol. The lowest BCUT2D eigenvalue weighted by atomic mass is 10.3. The fourth-order valence-corrected chi connectivity index (χ4v) is 1.35. The molecule has 0 aliphatic heterocycles. The monoisotopic (exact) mass is 262 g/mol. The van der Waals surface area contributed by atoms with Crippen LogP contribution in [0.25, 0.3) is 0 Å². The van der Waals surface area contributed by atoms with E-state index >= 15 is 0 Å². The molecule has 0 bridgehead atoms. The highest BCUT2D eigenvalue weighted by atomic mass is 35.5. The van der Waals surface area contributed by atoms with Crippen LogP contribution >= 0.6 is 12.4 Å². The fraction of sp³-hybridized carbons (Fsp3) is 0.600. The van der Waals surface area contributed by atoms with Crippen LogP contribution in [0, 0.1) is 0 Å². The highest BCUT2D eigenvalue weighted by Crippen LogP contribution is 1.93. The third-order valence-electron chi connectivity index (χ3n) is 2.19. The Balaban J connectivity index is 0.00000256. The van der Waals surface area contributed by atoms with Gasteiger partial charge in [0.1, 0.15) is 0 Å². The van der Waals surface area contributed by atoms with Crippen molar-refractivity contribution in [2.75, 3.05) is 34.2 Å². The van der Waals surface area contributed by atoms with E-state index in [1.807, 2.05) is 26.0 Å². The predicted octanol–water partition coefficient (Wildman–Crippen LogP) is -0.522. The van der Waals surface area contributed by atoms with E-state index in [9.17, 15) is 9.59 Å². The Kier molecular flexibility index (Phi) is 6.79. The first-order valence-corrected chi connectivity index (χ1v) is 5.13. The smallest absolute Gasteiger partial charge is 0.310 e. The summed E-state index contributed by atoms with van der Waals surface area (Å²) in [4.78, 5) is 30.9. The van der Waals surface area contributed by atoms with Crippen molar-refractivity contribution in [1.29, 1.82) is 0 Å². The SMILES string of the molecule is CN(C)CCN(C)Cc1cc(=O)[nH]c(=O)[nH]1.Cl. The number of aromatic amines is 2. The number of nitrogens with zero attached hydrogens (tertiary/aromatic N) is 2. The molecule has 1 rings (SSSR count). The van der Waals surface area contributed by atoms with Crippen molar-refractivity contribution in [1.82, 2.24) is 19.8 Å². The molecule has 2 N–H and O–H groups in total. The van der Waals surface area contributed by atoms with E-state index in [1.165, 1.54) is 6.07 Å². The molecule has 1 heterocycles. The largest absolute Gasteiger partial charge is 0.325 e. The quantitative estimate of drug-likeness (QED) is 0.749. The minimum atomic E-state index is -0.455. The van der Waals surface area contributed by atoms with Crippen LogP contribution in [-0.2, 0) is 6.54 Å². The minimum Gasteiger partial charge on any atom is -0.310 e. The first kappa shape index (κ1) is 15.9. The summed E-state index contributed by atoms with van der Waals surface area (Å²) in [5, 5.41) is 0. The maximum absolute atomic E-state index is 11.1. The Morgan fingerprint density at radius 3 is 2.29 bits per heavy atom. The molecule has 98 valence electrons. The average Bonchev–Trinajstić information content (AvgIpc) is 2.12. The van der Waals surface area contributed by atoms with Crippen molar-refractivity contribution >= 4 is 12.4 Å². The van der Waals surface area contributed by atoms with Crippen molar-refractivity contribution < 1.29 is 0 Å². The van der Waals surface area contributed by atoms with Gasteiger partial charge in [-0.05, 0) is 21.1 Å². The van der Waals surface area contributed by atoms with E-state index in [-0.39, 0.29) is 18.0 Å². The van der Waals surface area contributed by atoms with Crippen LogP contribution in [0.1, 0.15) is 5.69 Å². The molecule has 0 saturated carbocycles. The van der Waals surface area contributed by atoms with Crippen LogP contribution in [0.5, 0.6) is 0 Å². The highest BCUT2D eigenvalue weighted by Gasteiger charge is 2.02. The summed E-state index contributed by atoms with van der Waals surface area (Å²) >= 11 is 0. The first-order chi connectivity index (χ1) is 7.47. The zero-order valence-electron chi connectivity index (χ0n) is 10.3. The zero-order valence-corrected chi connectivity index (χ0v) is 11.1. The summed E-state index contributed by atoms with van der Waals surface area (Å²) in [5.41, 5.74) is -0.182. The van der Waals surface area contributed by atoms with Gasteiger partial charge in [-0.1, -0.05) is 0 Å². The van der Waals surface area contributed by atoms with E-state index in [4.69, 9.17) is 0 Å². The van der Waals surface area contributed by atoms with Crippen LogP contribution in [0.4, 0.5) is 0 Å². The molecule has 0 unspecified atom stereocenters. The van der Waals surface area contributed by atoms with Gasteiger partial charge in [-0.3, -0.25) is 14.7 Å². The standard InChI is InChI=1S/C10H18N4O2.ClH/c1-13(2)4-5-14(3)7-8-6-9(15)12-10(16)11-8;/h6H,4-5,7H2,1-3H3,(H2,11,12,15,16);1H. The van der Waals surface area contributed by atoms with Gasteiger partial charge in [0.05, 0.1) is 0 Å². The summed E-state index contributed by atoms with van der Waals surface area (Å²) in [5.74, 6) is 0. The van der Waals surface area contributed by atoms with E-state index in [2.05, 4.69) is 14.9 Å². The summed E-state index contributed by atoms with van der Waals surface area (Å²) in [6, 6.07) is 1.41. The van der Waals surface area contributed by atoms with E-state index in [0.29, 0.717) is 12.2 Å². The maximum atomic E-state index is 11.1. The summed E-state index contributed by atoms with van der Waals surface area (Å²) < 4.78 is 0. The van der Waals surface area contributed by atoms with E-state index in [0.717, 1.165) is 13.1 Å². The fourth-order valence-electron chi connectivity index (χ4n) is 1.35. The van der Waals surface area contributed by atoms with Crippen molar-refractivity contribution in [3.8, 4) is 0 Å². The van der Waals surface area contributed by atoms with E-state index in [1.54, 1.807) is 0 Å². The lowest BCUT2D eigenvalue weighted by molar-refractivity contribution is 0.273. The zero-order chi connectivity index (χ0) is 12.1. The van der Waals surface area contributed by atoms with Gasteiger partial charge in [0.25, 0.3) is 5.56 Å². The molecule has 1 aromatic rings. The summed E-state index contributed by atoms with van der Waals surface area (Å²) in [6.45, 7) is 2.37. The number of nitrogens with one attached hydrogen (secondary N) is 2. The van der Waals surface area contributed by atoms with Crippen molar-refractivity contribution in [3.05, 3.63) is 32.6 Å². The molecule has 0 amide bonds. The second kappa shape index (κ2) is 7.26. The Bertz CT molecular complexity index is 412. The highest BCUT2D eigenvalue weighted by molar-refractivity contribution is 5.85. The third-order valence-corrected chi connectivity index (χ3v) is 2.19. The third kappa shape index (κ3) is 6.25. The Morgan fingerprint density at radius 2 is 1.76 bits per heavy atom. The molecule has 17 heavy (non-hydrogen) atoms. The van der Waals surface area contributed by atoms with Crippen molar-refractivity contribution in [3.63, 3.8) is 0 Å². The van der Waals surface area contributed by atoms with Gasteiger partial charge in [-0.25, -0.2) is 4.79 Å². The molecule has 0 aliphatic carbocycles. The number of likely N-dealkylation sites (N-methyl/N-ethyl adjacent to an activating group) is 2. The van der Waals surface area contributed by atoms with Gasteiger partial charge < -0.3 is 9.88 Å². The van der Waals surface area contributed by atoms with Gasteiger partial charge >= 0.3 is 5.69 Å². The molecule has 0 fully saturated rings. The topological polar surface area (TPSA) is 72.2 Å². The molecule has 0 aliphatic rings. The van der Waals surface area contributed by atoms with Gasteiger partial charge in [0, 0.05) is 31.4 Å². The summed E-state index contributed by atoms with van der Waals surface area (Å²) in [7, 11) is 5.95. The molecule has 0 spiro atoms. The number of halogens is 1. The number of hydrogen-bond donors (Lipinski definition) is 2. The second-order valence-corrected chi connectivity index (χ2v) is 4.15. The average molecular weight is 263 g/mol. The second-order valence-electron chi connectivity index (χ2n) is 4.15. The molecule has 0 aromatic carbocycles. The maximum Gasteiger partial charge on any atom is 0.325 e. The number of H-pyrrole nitrogens is 2.